The van der Waals surface area contributed by atoms with E-state index in [1.54, 1.807) is 18.5 Å². The van der Waals surface area contributed by atoms with Gasteiger partial charge in [0.25, 0.3) is 0 Å². The Balaban J connectivity index is 0. The van der Waals surface area contributed by atoms with Crippen molar-refractivity contribution in [1.29, 1.82) is 0 Å². The molecular formula is C24H51PRh. The molecule has 0 nitrogen and oxygen atoms in total. The number of unbranched alkanes of at least 4 members (excludes halogenated alkanes) is 15. The van der Waals surface area contributed by atoms with E-state index in [0.717, 1.165) is 0 Å². The molecule has 0 aliphatic heterocycles. The first-order chi connectivity index (χ1) is 12.3. The number of rotatable bonds is 21. The Morgan fingerprint density at radius 3 is 0.846 bits per heavy atom. The Bertz CT molecular complexity index is 194. The fraction of sp³-hybridized carbons (Fsp3) is 1.00. The molecule has 0 saturated heterocycles. The van der Waals surface area contributed by atoms with Gasteiger partial charge in [0.2, 0.25) is 0 Å². The average molecular weight is 474 g/mol. The van der Waals surface area contributed by atoms with Crippen LogP contribution in [0, 0.1) is 0 Å². The summed E-state index contributed by atoms with van der Waals surface area (Å²) < 4.78 is 0. The maximum atomic E-state index is 2.32. The smallest absolute Gasteiger partial charge is 0 e. The van der Waals surface area contributed by atoms with Crippen molar-refractivity contribution in [3.8, 4) is 0 Å². The molecule has 0 spiro atoms. The summed E-state index contributed by atoms with van der Waals surface area (Å²) in [6.45, 7) is 6.96. The zero-order valence-corrected chi connectivity index (χ0v) is 21.2. The molecule has 2 heteroatoms. The van der Waals surface area contributed by atoms with Gasteiger partial charge < -0.3 is 0 Å². The van der Waals surface area contributed by atoms with Crippen LogP contribution < -0.4 is 0 Å². The predicted octanol–water partition coefficient (Wildman–Crippen LogP) is 9.55. The molecule has 0 aromatic carbocycles. The summed E-state index contributed by atoms with van der Waals surface area (Å²) >= 11 is 0. The van der Waals surface area contributed by atoms with E-state index in [1.807, 2.05) is 0 Å². The molecule has 1 radical (unpaired) electrons. The van der Waals surface area contributed by atoms with Crippen LogP contribution in [0.5, 0.6) is 0 Å². The fourth-order valence-corrected chi connectivity index (χ4v) is 6.37. The molecule has 0 heterocycles. The Kier molecular flexibility index (Phi) is 29.3. The van der Waals surface area contributed by atoms with Crippen molar-refractivity contribution in [2.75, 3.05) is 18.5 Å². The third kappa shape index (κ3) is 23.1. The van der Waals surface area contributed by atoms with Gasteiger partial charge in [0.05, 0.1) is 0 Å². The quantitative estimate of drug-likeness (QED) is 0.0884. The fourth-order valence-electron chi connectivity index (χ4n) is 3.68. The Hall–Kier alpha value is 1.05. The molecule has 0 bridgehead atoms. The van der Waals surface area contributed by atoms with Gasteiger partial charge >= 0.3 is 0 Å². The summed E-state index contributed by atoms with van der Waals surface area (Å²) in [7, 11) is 0.366. The Labute approximate surface area is 182 Å². The molecule has 0 aliphatic carbocycles. The molecule has 161 valence electrons. The summed E-state index contributed by atoms with van der Waals surface area (Å²) in [6, 6.07) is 0. The van der Waals surface area contributed by atoms with E-state index < -0.39 is 0 Å². The topological polar surface area (TPSA) is 0 Å². The maximum Gasteiger partial charge on any atom is 0 e. The molecule has 0 aliphatic rings. The minimum atomic E-state index is 0. The van der Waals surface area contributed by atoms with E-state index >= 15 is 0 Å². The molecule has 26 heavy (non-hydrogen) atoms. The van der Waals surface area contributed by atoms with Crippen LogP contribution in [0.4, 0.5) is 0 Å². The zero-order chi connectivity index (χ0) is 18.4. The van der Waals surface area contributed by atoms with Crippen molar-refractivity contribution < 1.29 is 19.5 Å². The van der Waals surface area contributed by atoms with Crippen LogP contribution in [-0.4, -0.2) is 18.5 Å². The van der Waals surface area contributed by atoms with E-state index in [0.29, 0.717) is 7.92 Å². The largest absolute Gasteiger partial charge is 0.107 e. The van der Waals surface area contributed by atoms with Crippen molar-refractivity contribution in [1.82, 2.24) is 0 Å². The minimum absolute atomic E-state index is 0. The first-order valence-electron chi connectivity index (χ1n) is 12.1. The molecule has 0 atom stereocenters. The molecule has 0 unspecified atom stereocenters. The van der Waals surface area contributed by atoms with Crippen molar-refractivity contribution in [2.45, 2.75) is 136 Å². The SMILES string of the molecule is CCCCCCCCP(CCCCCCCC)CCCCCCCC.[Rh]. The first-order valence-corrected chi connectivity index (χ1v) is 14.0. The standard InChI is InChI=1S/C24H51P.Rh/c1-4-7-10-13-16-19-22-25(23-20-17-14-11-8-5-2)24-21-18-15-12-9-6-3;/h4-24H2,1-3H3;. The second kappa shape index (κ2) is 26.1. The van der Waals surface area contributed by atoms with Crippen molar-refractivity contribution in [2.24, 2.45) is 0 Å². The Morgan fingerprint density at radius 2 is 0.577 bits per heavy atom. The number of hydrogen-bond acceptors (Lipinski definition) is 0. The number of hydrogen-bond donors (Lipinski definition) is 0. The van der Waals surface area contributed by atoms with Gasteiger partial charge in [-0.2, -0.15) is 0 Å². The second-order valence-electron chi connectivity index (χ2n) is 8.14. The Morgan fingerprint density at radius 1 is 0.346 bits per heavy atom. The molecule has 0 rings (SSSR count). The van der Waals surface area contributed by atoms with Gasteiger partial charge in [-0.1, -0.05) is 117 Å². The summed E-state index contributed by atoms with van der Waals surface area (Å²) in [5, 5.41) is 0. The normalized spacial score (nSPS) is 11.1. The third-order valence-corrected chi connectivity index (χ3v) is 8.33. The molecule has 0 saturated carbocycles. The summed E-state index contributed by atoms with van der Waals surface area (Å²) in [5.74, 6) is 0. The van der Waals surface area contributed by atoms with Crippen LogP contribution in [-0.2, 0) is 19.5 Å². The predicted molar refractivity (Wildman–Crippen MR) is 122 cm³/mol. The summed E-state index contributed by atoms with van der Waals surface area (Å²) in [6.07, 6.45) is 31.2. The van der Waals surface area contributed by atoms with Gasteiger partial charge in [-0.3, -0.25) is 0 Å². The van der Waals surface area contributed by atoms with Crippen LogP contribution in [0.2, 0.25) is 0 Å². The molecule has 0 aromatic heterocycles. The molecule has 0 fully saturated rings. The zero-order valence-electron chi connectivity index (χ0n) is 18.6. The minimum Gasteiger partial charge on any atom is -0.107 e. The van der Waals surface area contributed by atoms with Crippen LogP contribution in [0.25, 0.3) is 0 Å². The van der Waals surface area contributed by atoms with E-state index in [1.165, 1.54) is 116 Å². The van der Waals surface area contributed by atoms with E-state index in [9.17, 15) is 0 Å². The van der Waals surface area contributed by atoms with E-state index in [-0.39, 0.29) is 19.5 Å². The molecule has 0 amide bonds. The summed E-state index contributed by atoms with van der Waals surface area (Å²) in [4.78, 5) is 0. The van der Waals surface area contributed by atoms with Gasteiger partial charge in [-0.05, 0) is 37.7 Å². The van der Waals surface area contributed by atoms with E-state index in [2.05, 4.69) is 20.8 Å². The van der Waals surface area contributed by atoms with Gasteiger partial charge in [0, 0.05) is 19.5 Å². The van der Waals surface area contributed by atoms with Crippen molar-refractivity contribution >= 4 is 7.92 Å². The van der Waals surface area contributed by atoms with E-state index in [4.69, 9.17) is 0 Å². The van der Waals surface area contributed by atoms with Crippen molar-refractivity contribution in [3.05, 3.63) is 0 Å². The van der Waals surface area contributed by atoms with Gasteiger partial charge in [0.1, 0.15) is 0 Å². The van der Waals surface area contributed by atoms with Crippen LogP contribution in [0.1, 0.15) is 136 Å². The van der Waals surface area contributed by atoms with Crippen LogP contribution in [0.15, 0.2) is 0 Å². The molecular weight excluding hydrogens is 422 g/mol. The monoisotopic (exact) mass is 473 g/mol. The van der Waals surface area contributed by atoms with Gasteiger partial charge in [0.15, 0.2) is 0 Å². The van der Waals surface area contributed by atoms with Crippen LogP contribution >= 0.6 is 7.92 Å². The summed E-state index contributed by atoms with van der Waals surface area (Å²) in [5.41, 5.74) is 0. The first kappa shape index (κ1) is 29.3. The van der Waals surface area contributed by atoms with Gasteiger partial charge in [-0.25, -0.2) is 0 Å². The van der Waals surface area contributed by atoms with Gasteiger partial charge in [-0.15, -0.1) is 7.92 Å². The third-order valence-electron chi connectivity index (χ3n) is 5.48. The maximum absolute atomic E-state index is 2.32. The van der Waals surface area contributed by atoms with Crippen LogP contribution in [0.3, 0.4) is 0 Å². The average Bonchev–Trinajstić information content (AvgIpc) is 2.63. The second-order valence-corrected chi connectivity index (χ2v) is 10.8. The molecule has 0 N–H and O–H groups in total. The van der Waals surface area contributed by atoms with Crippen molar-refractivity contribution in [3.63, 3.8) is 0 Å². The molecule has 0 aromatic rings.